The van der Waals surface area contributed by atoms with E-state index in [1.165, 1.54) is 13.3 Å². The van der Waals surface area contributed by atoms with E-state index >= 15 is 0 Å². The summed E-state index contributed by atoms with van der Waals surface area (Å²) in [5.41, 5.74) is 3.92. The first-order valence-electron chi connectivity index (χ1n) is 11.3. The zero-order valence-electron chi connectivity index (χ0n) is 20.2. The molecule has 0 aliphatic rings. The second-order valence-corrected chi connectivity index (χ2v) is 7.50. The van der Waals surface area contributed by atoms with Gasteiger partial charge in [-0.05, 0) is 78.7 Å². The summed E-state index contributed by atoms with van der Waals surface area (Å²) in [6.07, 6.45) is 4.00. The fraction of sp³-hybridized carbons (Fsp3) is 0.179. The van der Waals surface area contributed by atoms with Crippen LogP contribution in [0, 0.1) is 0 Å². The van der Waals surface area contributed by atoms with Gasteiger partial charge >= 0.3 is 5.97 Å². The van der Waals surface area contributed by atoms with Crippen LogP contribution in [0.1, 0.15) is 39.6 Å². The highest BCUT2D eigenvalue weighted by atomic mass is 16.6. The quantitative estimate of drug-likeness (QED) is 0.126. The third-order valence-electron chi connectivity index (χ3n) is 4.82. The molecule has 1 amide bonds. The first-order chi connectivity index (χ1) is 17.5. The summed E-state index contributed by atoms with van der Waals surface area (Å²) >= 11 is 0. The van der Waals surface area contributed by atoms with Gasteiger partial charge in [0.25, 0.3) is 5.91 Å². The largest absolute Gasteiger partial charge is 0.494 e. The number of carbonyl (C=O) groups excluding carboxylic acids is 2. The minimum atomic E-state index is -0.523. The molecule has 0 radical (unpaired) electrons. The summed E-state index contributed by atoms with van der Waals surface area (Å²) in [6.45, 7) is 6.61. The Morgan fingerprint density at radius 2 is 1.58 bits per heavy atom. The molecule has 3 aromatic carbocycles. The van der Waals surface area contributed by atoms with Crippen LogP contribution in [-0.2, 0) is 0 Å². The average molecular weight is 489 g/mol. The van der Waals surface area contributed by atoms with Crippen molar-refractivity contribution in [3.05, 3.63) is 96.1 Å². The van der Waals surface area contributed by atoms with Crippen molar-refractivity contribution in [2.45, 2.75) is 13.3 Å². The number of carbonyl (C=O) groups is 2. The van der Waals surface area contributed by atoms with Crippen molar-refractivity contribution < 1.29 is 28.5 Å². The molecule has 0 heterocycles. The van der Waals surface area contributed by atoms with Crippen LogP contribution in [0.3, 0.4) is 0 Å². The van der Waals surface area contributed by atoms with E-state index < -0.39 is 5.97 Å². The number of benzene rings is 3. The summed E-state index contributed by atoms with van der Waals surface area (Å²) in [5, 5.41) is 3.99. The van der Waals surface area contributed by atoms with E-state index in [0.717, 1.165) is 6.42 Å². The van der Waals surface area contributed by atoms with Gasteiger partial charge in [0, 0.05) is 5.56 Å². The molecule has 0 saturated carbocycles. The molecule has 0 unspecified atom stereocenters. The number of methoxy groups -OCH3 is 1. The molecule has 1 N–H and O–H groups in total. The van der Waals surface area contributed by atoms with Gasteiger partial charge in [-0.25, -0.2) is 10.2 Å². The number of hydrazone groups is 1. The Kier molecular flexibility index (Phi) is 9.64. The Morgan fingerprint density at radius 3 is 2.22 bits per heavy atom. The van der Waals surface area contributed by atoms with Crippen molar-refractivity contribution in [1.29, 1.82) is 0 Å². The molecule has 186 valence electrons. The van der Waals surface area contributed by atoms with Gasteiger partial charge in [-0.15, -0.1) is 0 Å². The fourth-order valence-electron chi connectivity index (χ4n) is 3.00. The van der Waals surface area contributed by atoms with Crippen LogP contribution in [-0.4, -0.2) is 38.4 Å². The van der Waals surface area contributed by atoms with Crippen molar-refractivity contribution in [3.8, 4) is 23.0 Å². The Labute approximate surface area is 210 Å². The number of amides is 1. The van der Waals surface area contributed by atoms with Crippen LogP contribution >= 0.6 is 0 Å². The number of esters is 1. The predicted octanol–water partition coefficient (Wildman–Crippen LogP) is 5.03. The minimum Gasteiger partial charge on any atom is -0.494 e. The summed E-state index contributed by atoms with van der Waals surface area (Å²) in [7, 11) is 1.47. The lowest BCUT2D eigenvalue weighted by molar-refractivity contribution is 0.0729. The van der Waals surface area contributed by atoms with Gasteiger partial charge in [0.1, 0.15) is 18.1 Å². The lowest BCUT2D eigenvalue weighted by Crippen LogP contribution is -2.17. The molecule has 0 aromatic heterocycles. The van der Waals surface area contributed by atoms with Crippen molar-refractivity contribution in [3.63, 3.8) is 0 Å². The molecule has 3 rings (SSSR count). The van der Waals surface area contributed by atoms with Crippen LogP contribution in [0.5, 0.6) is 23.0 Å². The maximum Gasteiger partial charge on any atom is 0.343 e. The lowest BCUT2D eigenvalue weighted by atomic mass is 10.2. The molecule has 36 heavy (non-hydrogen) atoms. The van der Waals surface area contributed by atoms with Crippen molar-refractivity contribution in [1.82, 2.24) is 5.43 Å². The molecular formula is C28H28N2O6. The number of hydrogen-bond acceptors (Lipinski definition) is 7. The van der Waals surface area contributed by atoms with Crippen LogP contribution in [0.15, 0.2) is 84.5 Å². The second-order valence-electron chi connectivity index (χ2n) is 7.50. The summed E-state index contributed by atoms with van der Waals surface area (Å²) in [6, 6.07) is 18.3. The number of rotatable bonds is 12. The van der Waals surface area contributed by atoms with Crippen LogP contribution in [0.2, 0.25) is 0 Å². The molecule has 8 heteroatoms. The Morgan fingerprint density at radius 1 is 0.917 bits per heavy atom. The van der Waals surface area contributed by atoms with Gasteiger partial charge in [0.15, 0.2) is 11.5 Å². The van der Waals surface area contributed by atoms with Crippen molar-refractivity contribution in [2.24, 2.45) is 5.10 Å². The van der Waals surface area contributed by atoms with E-state index in [1.807, 2.05) is 6.92 Å². The van der Waals surface area contributed by atoms with Gasteiger partial charge in [-0.2, -0.15) is 5.10 Å². The van der Waals surface area contributed by atoms with Gasteiger partial charge in [0.05, 0.1) is 25.5 Å². The second kappa shape index (κ2) is 13.3. The molecule has 3 aromatic rings. The first-order valence-corrected chi connectivity index (χ1v) is 11.3. The van der Waals surface area contributed by atoms with E-state index in [-0.39, 0.29) is 11.7 Å². The van der Waals surface area contributed by atoms with Crippen LogP contribution in [0.25, 0.3) is 0 Å². The maximum absolute atomic E-state index is 12.5. The molecule has 0 atom stereocenters. The van der Waals surface area contributed by atoms with Crippen molar-refractivity contribution >= 4 is 18.1 Å². The minimum absolute atomic E-state index is 0.258. The van der Waals surface area contributed by atoms with Gasteiger partial charge in [-0.3, -0.25) is 4.79 Å². The lowest BCUT2D eigenvalue weighted by Gasteiger charge is -2.10. The zero-order chi connectivity index (χ0) is 25.8. The molecule has 0 aliphatic heterocycles. The van der Waals surface area contributed by atoms with E-state index in [1.54, 1.807) is 72.8 Å². The average Bonchev–Trinajstić information content (AvgIpc) is 2.91. The molecule has 0 fully saturated rings. The monoisotopic (exact) mass is 488 g/mol. The number of hydrogen-bond donors (Lipinski definition) is 1. The molecule has 0 bridgehead atoms. The van der Waals surface area contributed by atoms with Crippen molar-refractivity contribution in [2.75, 3.05) is 20.3 Å². The van der Waals surface area contributed by atoms with E-state index in [9.17, 15) is 9.59 Å². The smallest absolute Gasteiger partial charge is 0.343 e. The summed E-state index contributed by atoms with van der Waals surface area (Å²) in [5.74, 6) is 1.04. The van der Waals surface area contributed by atoms with E-state index in [2.05, 4.69) is 17.1 Å². The molecule has 8 nitrogen and oxygen atoms in total. The van der Waals surface area contributed by atoms with Crippen LogP contribution in [0.4, 0.5) is 0 Å². The Hall–Kier alpha value is -4.59. The maximum atomic E-state index is 12.5. The number of ether oxygens (including phenoxy) is 4. The Balaban J connectivity index is 1.59. The number of nitrogens with one attached hydrogen (secondary N) is 1. The highest BCUT2D eigenvalue weighted by molar-refractivity contribution is 5.95. The summed E-state index contributed by atoms with van der Waals surface area (Å²) < 4.78 is 21.8. The standard InChI is InChI=1S/C28H28N2O6/c1-4-16-34-23-11-7-21(8-12-23)27(31)30-29-19-20-6-15-25(26(18-20)33-3)36-28(32)22-9-13-24(14-10-22)35-17-5-2/h4,6-15,18-19H,1,5,16-17H2,2-3H3,(H,30,31)/b29-19-. The normalized spacial score (nSPS) is 10.5. The predicted molar refractivity (Wildman–Crippen MR) is 137 cm³/mol. The highest BCUT2D eigenvalue weighted by Gasteiger charge is 2.13. The third kappa shape index (κ3) is 7.46. The third-order valence-corrected chi connectivity index (χ3v) is 4.82. The summed E-state index contributed by atoms with van der Waals surface area (Å²) in [4.78, 5) is 24.8. The topological polar surface area (TPSA) is 95.5 Å². The van der Waals surface area contributed by atoms with Gasteiger partial charge in [-0.1, -0.05) is 19.6 Å². The first kappa shape index (κ1) is 26.0. The fourth-order valence-corrected chi connectivity index (χ4v) is 3.00. The zero-order valence-corrected chi connectivity index (χ0v) is 20.2. The molecule has 0 aliphatic carbocycles. The number of nitrogens with zero attached hydrogens (tertiary/aromatic N) is 1. The molecule has 0 spiro atoms. The van der Waals surface area contributed by atoms with Gasteiger partial charge < -0.3 is 18.9 Å². The molecular weight excluding hydrogens is 460 g/mol. The van der Waals surface area contributed by atoms with Crippen LogP contribution < -0.4 is 24.4 Å². The Bertz CT molecular complexity index is 1200. The van der Waals surface area contributed by atoms with E-state index in [4.69, 9.17) is 18.9 Å². The SMILES string of the molecule is C=CCOc1ccc(C(=O)N/N=C\c2ccc(OC(=O)c3ccc(OCCC)cc3)c(OC)c2)cc1. The molecule has 0 saturated heterocycles. The van der Waals surface area contributed by atoms with Gasteiger partial charge in [0.2, 0.25) is 0 Å². The van der Waals surface area contributed by atoms with E-state index in [0.29, 0.717) is 47.2 Å². The highest BCUT2D eigenvalue weighted by Crippen LogP contribution is 2.28.